The molecule has 3 rings (SSSR count). The van der Waals surface area contributed by atoms with Gasteiger partial charge in [-0.2, -0.15) is 5.10 Å². The Kier molecular flexibility index (Phi) is 1.81. The summed E-state index contributed by atoms with van der Waals surface area (Å²) in [5.41, 5.74) is 1.06. The van der Waals surface area contributed by atoms with Crippen molar-refractivity contribution in [1.29, 1.82) is 0 Å². The largest absolute Gasteiger partial charge is 0.448 e. The van der Waals surface area contributed by atoms with Crippen LogP contribution in [0, 0.1) is 0 Å². The van der Waals surface area contributed by atoms with Crippen molar-refractivity contribution in [1.82, 2.24) is 15.2 Å². The molecule has 1 aromatic carbocycles. The van der Waals surface area contributed by atoms with Crippen LogP contribution in [0.25, 0.3) is 22.7 Å². The molecule has 2 aliphatic rings. The van der Waals surface area contributed by atoms with E-state index in [0.29, 0.717) is 32.7 Å². The van der Waals surface area contributed by atoms with Crippen molar-refractivity contribution in [2.75, 3.05) is 0 Å². The van der Waals surface area contributed by atoms with E-state index >= 15 is 0 Å². The van der Waals surface area contributed by atoms with Crippen LogP contribution in [-0.2, 0) is 0 Å². The van der Waals surface area contributed by atoms with E-state index < -0.39 is 0 Å². The Morgan fingerprint density at radius 3 is 2.93 bits per heavy atom. The minimum Gasteiger partial charge on any atom is -0.448 e. The maximum Gasteiger partial charge on any atom is 0.219 e. The summed E-state index contributed by atoms with van der Waals surface area (Å²) in [6, 6.07) is 3.27. The molecule has 4 nitrogen and oxygen atoms in total. The maximum absolute atomic E-state index is 5.97. The third-order valence-corrected chi connectivity index (χ3v) is 2.47. The first kappa shape index (κ1) is 8.88. The van der Waals surface area contributed by atoms with Crippen LogP contribution < -0.4 is 0 Å². The van der Waals surface area contributed by atoms with Crippen molar-refractivity contribution in [3.05, 3.63) is 28.4 Å². The van der Waals surface area contributed by atoms with E-state index in [1.165, 1.54) is 6.20 Å². The third kappa shape index (κ3) is 1.33. The fourth-order valence-corrected chi connectivity index (χ4v) is 1.87. The molecule has 0 radical (unpaired) electrons. The Bertz CT molecular complexity index is 622. The van der Waals surface area contributed by atoms with Gasteiger partial charge in [0.05, 0.1) is 11.2 Å². The summed E-state index contributed by atoms with van der Waals surface area (Å²) in [7, 11) is 0. The summed E-state index contributed by atoms with van der Waals surface area (Å²) in [5, 5.41) is 8.41. The molecule has 0 aliphatic carbocycles. The molecule has 2 aliphatic heterocycles. The van der Waals surface area contributed by atoms with Crippen molar-refractivity contribution in [2.45, 2.75) is 0 Å². The second-order valence-corrected chi connectivity index (χ2v) is 3.83. The fraction of sp³-hybridized carbons (Fsp3) is 0. The molecule has 2 heterocycles. The third-order valence-electron chi connectivity index (χ3n) is 1.97. The summed E-state index contributed by atoms with van der Waals surface area (Å²) in [6.45, 7) is 0. The molecule has 0 amide bonds. The zero-order valence-electron chi connectivity index (χ0n) is 7.24. The number of hydrogen-bond donors (Lipinski definition) is 0. The summed E-state index contributed by atoms with van der Waals surface area (Å²) in [4.78, 5) is 4.22. The van der Waals surface area contributed by atoms with Gasteiger partial charge in [0, 0.05) is 5.02 Å². The van der Waals surface area contributed by atoms with E-state index in [9.17, 15) is 0 Å². The number of fused-ring (bicyclic) bond motifs is 2. The summed E-state index contributed by atoms with van der Waals surface area (Å²) in [5.74, 6) is 0.951. The SMILES string of the molecule is Clc1cc(Cl)c2oc3cnnc-3nc2c1. The Morgan fingerprint density at radius 1 is 1.20 bits per heavy atom. The van der Waals surface area contributed by atoms with Crippen LogP contribution in [0.5, 0.6) is 0 Å². The first-order valence-corrected chi connectivity index (χ1v) is 4.86. The molecule has 0 unspecified atom stereocenters. The fourth-order valence-electron chi connectivity index (χ4n) is 1.35. The lowest BCUT2D eigenvalue weighted by atomic mass is 10.3. The van der Waals surface area contributed by atoms with Gasteiger partial charge in [0.2, 0.25) is 5.82 Å². The van der Waals surface area contributed by atoms with Crippen LogP contribution in [0.3, 0.4) is 0 Å². The maximum atomic E-state index is 5.97. The standard InChI is InChI=1S/C9H3Cl2N3O/c10-4-1-5(11)8-6(2-4)13-9-7(15-8)3-12-14-9/h1-3H. The lowest BCUT2D eigenvalue weighted by Crippen LogP contribution is -1.86. The van der Waals surface area contributed by atoms with Gasteiger partial charge in [0.25, 0.3) is 0 Å². The van der Waals surface area contributed by atoms with E-state index in [2.05, 4.69) is 15.2 Å². The molecule has 0 spiro atoms. The van der Waals surface area contributed by atoms with Gasteiger partial charge in [-0.1, -0.05) is 23.2 Å². The minimum absolute atomic E-state index is 0.424. The lowest BCUT2D eigenvalue weighted by molar-refractivity contribution is 0.613. The topological polar surface area (TPSA) is 51.8 Å². The number of hydrogen-bond acceptors (Lipinski definition) is 4. The van der Waals surface area contributed by atoms with Gasteiger partial charge in [-0.15, -0.1) is 5.10 Å². The number of aromatic nitrogens is 3. The van der Waals surface area contributed by atoms with Gasteiger partial charge in [-0.25, -0.2) is 4.98 Å². The smallest absolute Gasteiger partial charge is 0.219 e. The van der Waals surface area contributed by atoms with Gasteiger partial charge >= 0.3 is 0 Å². The summed E-state index contributed by atoms with van der Waals surface area (Å²) in [6.07, 6.45) is 1.49. The van der Waals surface area contributed by atoms with E-state index in [1.54, 1.807) is 12.1 Å². The first-order valence-electron chi connectivity index (χ1n) is 4.11. The highest BCUT2D eigenvalue weighted by Crippen LogP contribution is 2.30. The molecule has 0 aromatic heterocycles. The Hall–Kier alpha value is -1.39. The molecule has 74 valence electrons. The van der Waals surface area contributed by atoms with Gasteiger partial charge in [0.15, 0.2) is 11.3 Å². The number of benzene rings is 1. The highest BCUT2D eigenvalue weighted by Gasteiger charge is 2.14. The second kappa shape index (κ2) is 3.05. The van der Waals surface area contributed by atoms with Gasteiger partial charge in [-0.05, 0) is 12.1 Å². The highest BCUT2D eigenvalue weighted by molar-refractivity contribution is 6.37. The number of nitrogens with zero attached hydrogens (tertiary/aromatic N) is 3. The number of halogens is 2. The van der Waals surface area contributed by atoms with Gasteiger partial charge < -0.3 is 4.42 Å². The molecule has 15 heavy (non-hydrogen) atoms. The Balaban J connectivity index is 2.51. The van der Waals surface area contributed by atoms with Gasteiger partial charge in [-0.3, -0.25) is 0 Å². The van der Waals surface area contributed by atoms with Crippen molar-refractivity contribution < 1.29 is 4.42 Å². The minimum atomic E-state index is 0.424. The van der Waals surface area contributed by atoms with Crippen molar-refractivity contribution in [3.63, 3.8) is 0 Å². The van der Waals surface area contributed by atoms with Crippen molar-refractivity contribution >= 4 is 34.3 Å². The van der Waals surface area contributed by atoms with Crippen LogP contribution in [0.1, 0.15) is 0 Å². The summed E-state index contributed by atoms with van der Waals surface area (Å²) >= 11 is 11.8. The Morgan fingerprint density at radius 2 is 2.07 bits per heavy atom. The Labute approximate surface area is 94.2 Å². The van der Waals surface area contributed by atoms with Crippen LogP contribution in [-0.4, -0.2) is 15.2 Å². The predicted molar refractivity (Wildman–Crippen MR) is 56.2 cm³/mol. The molecule has 0 atom stereocenters. The molecular weight excluding hydrogens is 237 g/mol. The average Bonchev–Trinajstić information content (AvgIpc) is 2.61. The molecule has 0 saturated heterocycles. The molecule has 0 bridgehead atoms. The first-order chi connectivity index (χ1) is 7.24. The molecule has 0 N–H and O–H groups in total. The van der Waals surface area contributed by atoms with Gasteiger partial charge in [0.1, 0.15) is 5.52 Å². The van der Waals surface area contributed by atoms with Crippen molar-refractivity contribution in [3.8, 4) is 11.6 Å². The molecular formula is C9H3Cl2N3O. The lowest BCUT2D eigenvalue weighted by Gasteiger charge is -2.02. The van der Waals surface area contributed by atoms with E-state index in [-0.39, 0.29) is 0 Å². The quantitative estimate of drug-likeness (QED) is 0.605. The van der Waals surface area contributed by atoms with Crippen LogP contribution >= 0.6 is 23.2 Å². The van der Waals surface area contributed by atoms with Crippen LogP contribution in [0.4, 0.5) is 0 Å². The molecule has 0 fully saturated rings. The zero-order chi connectivity index (χ0) is 10.4. The monoisotopic (exact) mass is 239 g/mol. The zero-order valence-corrected chi connectivity index (χ0v) is 8.75. The van der Waals surface area contributed by atoms with E-state index in [4.69, 9.17) is 27.6 Å². The average molecular weight is 240 g/mol. The van der Waals surface area contributed by atoms with E-state index in [0.717, 1.165) is 0 Å². The van der Waals surface area contributed by atoms with Crippen LogP contribution in [0.2, 0.25) is 10.0 Å². The molecule has 0 saturated carbocycles. The highest BCUT2D eigenvalue weighted by atomic mass is 35.5. The van der Waals surface area contributed by atoms with E-state index in [1.807, 2.05) is 0 Å². The molecule has 6 heteroatoms. The van der Waals surface area contributed by atoms with Crippen molar-refractivity contribution in [2.24, 2.45) is 0 Å². The normalized spacial score (nSPS) is 11.3. The molecule has 1 aromatic rings. The predicted octanol–water partition coefficient (Wildman–Crippen LogP) is 3.03. The number of rotatable bonds is 0. The second-order valence-electron chi connectivity index (χ2n) is 2.98. The van der Waals surface area contributed by atoms with Crippen LogP contribution in [0.15, 0.2) is 22.7 Å². The summed E-state index contributed by atoms with van der Waals surface area (Å²) < 4.78 is 5.49.